The van der Waals surface area contributed by atoms with Crippen LogP contribution in [-0.4, -0.2) is 39.0 Å². The predicted octanol–water partition coefficient (Wildman–Crippen LogP) is 2.31. The van der Waals surface area contributed by atoms with Gasteiger partial charge in [0.25, 0.3) is 5.91 Å². The average Bonchev–Trinajstić information content (AvgIpc) is 2.39. The van der Waals surface area contributed by atoms with Gasteiger partial charge in [-0.3, -0.25) is 4.79 Å². The van der Waals surface area contributed by atoms with Crippen molar-refractivity contribution in [2.45, 2.75) is 31.7 Å². The van der Waals surface area contributed by atoms with Crippen molar-refractivity contribution < 1.29 is 14.7 Å². The summed E-state index contributed by atoms with van der Waals surface area (Å²) >= 11 is 3.23. The highest BCUT2D eigenvalue weighted by atomic mass is 79.9. The summed E-state index contributed by atoms with van der Waals surface area (Å²) in [6.45, 7) is 2.07. The molecule has 1 aliphatic rings. The van der Waals surface area contributed by atoms with E-state index in [1.54, 1.807) is 25.3 Å². The number of carboxylic acid groups (broad SMARTS) is 1. The van der Waals surface area contributed by atoms with Gasteiger partial charge in [-0.05, 0) is 54.2 Å². The second kappa shape index (κ2) is 5.28. The molecule has 1 aromatic heterocycles. The molecule has 19 heavy (non-hydrogen) atoms. The van der Waals surface area contributed by atoms with Gasteiger partial charge in [-0.1, -0.05) is 0 Å². The van der Waals surface area contributed by atoms with Gasteiger partial charge < -0.3 is 10.0 Å². The van der Waals surface area contributed by atoms with Crippen molar-refractivity contribution >= 4 is 27.8 Å². The molecule has 6 heteroatoms. The number of aromatic nitrogens is 1. The second-order valence-electron chi connectivity index (χ2n) is 4.83. The lowest BCUT2D eigenvalue weighted by Crippen LogP contribution is -2.57. The molecule has 102 valence electrons. The number of carbonyl (C=O) groups is 2. The van der Waals surface area contributed by atoms with Crippen LogP contribution in [-0.2, 0) is 4.79 Å². The van der Waals surface area contributed by atoms with Crippen molar-refractivity contribution in [3.63, 3.8) is 0 Å². The molecule has 1 atom stereocenters. The first-order valence-electron chi connectivity index (χ1n) is 6.12. The quantitative estimate of drug-likeness (QED) is 0.846. The van der Waals surface area contributed by atoms with Crippen LogP contribution in [0.4, 0.5) is 0 Å². The van der Waals surface area contributed by atoms with Crippen LogP contribution in [0, 0.1) is 0 Å². The van der Waals surface area contributed by atoms with E-state index in [0.717, 1.165) is 12.8 Å². The summed E-state index contributed by atoms with van der Waals surface area (Å²) in [5, 5.41) is 9.41. The van der Waals surface area contributed by atoms with Crippen LogP contribution in [0.3, 0.4) is 0 Å². The van der Waals surface area contributed by atoms with Gasteiger partial charge >= 0.3 is 5.97 Å². The van der Waals surface area contributed by atoms with Crippen LogP contribution in [0.15, 0.2) is 22.9 Å². The maximum atomic E-state index is 12.5. The van der Waals surface area contributed by atoms with E-state index < -0.39 is 11.5 Å². The first-order chi connectivity index (χ1) is 8.97. The molecule has 1 N–H and O–H groups in total. The van der Waals surface area contributed by atoms with Gasteiger partial charge in [-0.2, -0.15) is 0 Å². The molecule has 1 aromatic rings. The normalized spacial score (nSPS) is 23.2. The average molecular weight is 327 g/mol. The summed E-state index contributed by atoms with van der Waals surface area (Å²) in [5.74, 6) is -1.25. The number of rotatable bonds is 2. The lowest BCUT2D eigenvalue weighted by atomic mass is 9.88. The fourth-order valence-electron chi connectivity index (χ4n) is 2.36. The van der Waals surface area contributed by atoms with E-state index in [1.807, 2.05) is 0 Å². The Morgan fingerprint density at radius 3 is 2.84 bits per heavy atom. The third kappa shape index (κ3) is 2.49. The lowest BCUT2D eigenvalue weighted by Gasteiger charge is -2.41. The van der Waals surface area contributed by atoms with Gasteiger partial charge in [0.15, 0.2) is 0 Å². The first-order valence-corrected chi connectivity index (χ1v) is 6.92. The Morgan fingerprint density at radius 2 is 2.21 bits per heavy atom. The number of carboxylic acids is 1. The fourth-order valence-corrected chi connectivity index (χ4v) is 2.78. The third-order valence-corrected chi connectivity index (χ3v) is 4.22. The third-order valence-electron chi connectivity index (χ3n) is 3.59. The maximum Gasteiger partial charge on any atom is 0.329 e. The minimum Gasteiger partial charge on any atom is -0.480 e. The van der Waals surface area contributed by atoms with Gasteiger partial charge in [0.1, 0.15) is 10.1 Å². The Bertz CT molecular complexity index is 520. The van der Waals surface area contributed by atoms with Gasteiger partial charge in [0, 0.05) is 12.7 Å². The van der Waals surface area contributed by atoms with E-state index in [4.69, 9.17) is 0 Å². The number of nitrogens with zero attached hydrogens (tertiary/aromatic N) is 2. The molecule has 0 spiro atoms. The van der Waals surface area contributed by atoms with Crippen molar-refractivity contribution in [3.8, 4) is 0 Å². The number of carbonyl (C=O) groups excluding carboxylic acids is 1. The standard InChI is InChI=1S/C13H15BrN2O3/c1-13(12(18)19)6-2-3-8-16(13)11(17)9-5-4-7-15-10(9)14/h4-5,7H,2-3,6,8H2,1H3,(H,18,19). The molecule has 5 nitrogen and oxygen atoms in total. The van der Waals surface area contributed by atoms with Gasteiger partial charge in [0.05, 0.1) is 5.56 Å². The van der Waals surface area contributed by atoms with E-state index >= 15 is 0 Å². The fraction of sp³-hybridized carbons (Fsp3) is 0.462. The molecule has 2 heterocycles. The smallest absolute Gasteiger partial charge is 0.329 e. The van der Waals surface area contributed by atoms with Crippen molar-refractivity contribution in [3.05, 3.63) is 28.5 Å². The number of piperidine rings is 1. The summed E-state index contributed by atoms with van der Waals surface area (Å²) in [6, 6.07) is 3.32. The second-order valence-corrected chi connectivity index (χ2v) is 5.59. The van der Waals surface area contributed by atoms with Crippen molar-refractivity contribution in [2.75, 3.05) is 6.54 Å². The minimum absolute atomic E-state index is 0.287. The molecule has 1 aliphatic heterocycles. The highest BCUT2D eigenvalue weighted by Gasteiger charge is 2.44. The first kappa shape index (κ1) is 14.0. The summed E-state index contributed by atoms with van der Waals surface area (Å²) in [6.07, 6.45) is 3.70. The Balaban J connectivity index is 2.36. The molecule has 1 saturated heterocycles. The zero-order chi connectivity index (χ0) is 14.0. The molecule has 1 amide bonds. The van der Waals surface area contributed by atoms with E-state index in [0.29, 0.717) is 23.1 Å². The van der Waals surface area contributed by atoms with E-state index in [2.05, 4.69) is 20.9 Å². The molecule has 1 fully saturated rings. The van der Waals surface area contributed by atoms with Gasteiger partial charge in [-0.15, -0.1) is 0 Å². The topological polar surface area (TPSA) is 70.5 Å². The highest BCUT2D eigenvalue weighted by molar-refractivity contribution is 9.10. The summed E-state index contributed by atoms with van der Waals surface area (Å²) < 4.78 is 0.443. The van der Waals surface area contributed by atoms with E-state index in [1.165, 1.54) is 4.90 Å². The number of hydrogen-bond donors (Lipinski definition) is 1. The number of halogens is 1. The van der Waals surface area contributed by atoms with Crippen molar-refractivity contribution in [1.29, 1.82) is 0 Å². The number of amides is 1. The van der Waals surface area contributed by atoms with Crippen LogP contribution in [0.1, 0.15) is 36.5 Å². The monoisotopic (exact) mass is 326 g/mol. The number of likely N-dealkylation sites (tertiary alicyclic amines) is 1. The number of aliphatic carboxylic acids is 1. The molecule has 1 unspecified atom stereocenters. The van der Waals surface area contributed by atoms with Crippen LogP contribution in [0.2, 0.25) is 0 Å². The molecular weight excluding hydrogens is 312 g/mol. The zero-order valence-corrected chi connectivity index (χ0v) is 12.2. The molecular formula is C13H15BrN2O3. The number of pyridine rings is 1. The minimum atomic E-state index is -1.13. The zero-order valence-electron chi connectivity index (χ0n) is 10.6. The summed E-state index contributed by atoms with van der Waals surface area (Å²) in [7, 11) is 0. The van der Waals surface area contributed by atoms with Crippen molar-refractivity contribution in [2.24, 2.45) is 0 Å². The molecule has 0 bridgehead atoms. The molecule has 0 radical (unpaired) electrons. The predicted molar refractivity (Wildman–Crippen MR) is 72.9 cm³/mol. The van der Waals surface area contributed by atoms with E-state index in [-0.39, 0.29) is 5.91 Å². The number of hydrogen-bond acceptors (Lipinski definition) is 3. The van der Waals surface area contributed by atoms with Crippen molar-refractivity contribution in [1.82, 2.24) is 9.88 Å². The van der Waals surface area contributed by atoms with Crippen LogP contribution < -0.4 is 0 Å². The Labute approximate surface area is 119 Å². The Morgan fingerprint density at radius 1 is 1.47 bits per heavy atom. The molecule has 0 aromatic carbocycles. The Hall–Kier alpha value is -1.43. The van der Waals surface area contributed by atoms with Crippen LogP contribution >= 0.6 is 15.9 Å². The summed E-state index contributed by atoms with van der Waals surface area (Å²) in [5.41, 5.74) is -0.734. The molecule has 2 rings (SSSR count). The molecule has 0 saturated carbocycles. The lowest BCUT2D eigenvalue weighted by molar-refractivity contribution is -0.150. The molecule has 0 aliphatic carbocycles. The summed E-state index contributed by atoms with van der Waals surface area (Å²) in [4.78, 5) is 29.5. The van der Waals surface area contributed by atoms with Gasteiger partial charge in [-0.25, -0.2) is 9.78 Å². The largest absolute Gasteiger partial charge is 0.480 e. The van der Waals surface area contributed by atoms with Gasteiger partial charge in [0.2, 0.25) is 0 Å². The van der Waals surface area contributed by atoms with Crippen LogP contribution in [0.25, 0.3) is 0 Å². The maximum absolute atomic E-state index is 12.5. The van der Waals surface area contributed by atoms with E-state index in [9.17, 15) is 14.7 Å². The SMILES string of the molecule is CC1(C(=O)O)CCCCN1C(=O)c1cccnc1Br. The van der Waals surface area contributed by atoms with Crippen LogP contribution in [0.5, 0.6) is 0 Å². The Kier molecular flexibility index (Phi) is 3.89. The highest BCUT2D eigenvalue weighted by Crippen LogP contribution is 2.30.